The highest BCUT2D eigenvalue weighted by Gasteiger charge is 2.14. The molecule has 0 fully saturated rings. The van der Waals surface area contributed by atoms with Crippen molar-refractivity contribution in [1.29, 1.82) is 0 Å². The van der Waals surface area contributed by atoms with Crippen molar-refractivity contribution in [2.45, 2.75) is 19.1 Å². The van der Waals surface area contributed by atoms with E-state index in [0.717, 1.165) is 22.2 Å². The third-order valence-corrected chi connectivity index (χ3v) is 4.45. The molecule has 1 atom stereocenters. The van der Waals surface area contributed by atoms with Crippen LogP contribution in [0.3, 0.4) is 0 Å². The number of benzene rings is 2. The molecule has 2 aromatic heterocycles. The van der Waals surface area contributed by atoms with Crippen LogP contribution in [-0.4, -0.2) is 14.5 Å². The van der Waals surface area contributed by atoms with Crippen molar-refractivity contribution in [2.75, 3.05) is 0 Å². The van der Waals surface area contributed by atoms with E-state index in [1.807, 2.05) is 55.0 Å². The number of rotatable bonds is 6. The Morgan fingerprint density at radius 3 is 2.65 bits per heavy atom. The van der Waals surface area contributed by atoms with Crippen LogP contribution in [0, 0.1) is 5.82 Å². The third kappa shape index (κ3) is 3.63. The Kier molecular flexibility index (Phi) is 4.71. The molecular weight excluding hydrogens is 327 g/mol. The summed E-state index contributed by atoms with van der Waals surface area (Å²) >= 11 is 0. The van der Waals surface area contributed by atoms with Gasteiger partial charge in [-0.1, -0.05) is 30.3 Å². The van der Waals surface area contributed by atoms with Crippen molar-refractivity contribution < 1.29 is 4.39 Å². The van der Waals surface area contributed by atoms with Crippen LogP contribution in [0.25, 0.3) is 11.0 Å². The molecule has 0 bridgehead atoms. The van der Waals surface area contributed by atoms with Gasteiger partial charge in [-0.05, 0) is 41.5 Å². The number of nitrogens with zero attached hydrogens (tertiary/aromatic N) is 3. The molecule has 4 aromatic rings. The molecular formula is C21H19FN4. The van der Waals surface area contributed by atoms with Gasteiger partial charge in [-0.15, -0.1) is 0 Å². The molecule has 0 amide bonds. The summed E-state index contributed by atoms with van der Waals surface area (Å²) in [7, 11) is 0. The maximum Gasteiger partial charge on any atom is 0.123 e. The molecule has 1 N–H and O–H groups in total. The van der Waals surface area contributed by atoms with E-state index >= 15 is 0 Å². The summed E-state index contributed by atoms with van der Waals surface area (Å²) in [6.07, 6.45) is 5.47. The van der Waals surface area contributed by atoms with Crippen LogP contribution in [-0.2, 0) is 13.1 Å². The Morgan fingerprint density at radius 2 is 1.85 bits per heavy atom. The van der Waals surface area contributed by atoms with Crippen molar-refractivity contribution in [3.05, 3.63) is 96.3 Å². The summed E-state index contributed by atoms with van der Waals surface area (Å²) < 4.78 is 15.5. The minimum absolute atomic E-state index is 0.0217. The highest BCUT2D eigenvalue weighted by Crippen LogP contribution is 2.20. The number of imidazole rings is 1. The van der Waals surface area contributed by atoms with Crippen LogP contribution in [0.5, 0.6) is 0 Å². The monoisotopic (exact) mass is 346 g/mol. The fourth-order valence-electron chi connectivity index (χ4n) is 3.08. The smallest absolute Gasteiger partial charge is 0.123 e. The standard InChI is InChI=1S/C21H19FN4/c22-18-9-7-17(8-10-18)20(24-13-16-4-3-11-23-12-16)14-26-15-25-19-5-1-2-6-21(19)26/h1-12,15,20,24H,13-14H2/t20-/m0/s1. The van der Waals surface area contributed by atoms with Gasteiger partial charge in [-0.25, -0.2) is 9.37 Å². The van der Waals surface area contributed by atoms with Crippen LogP contribution < -0.4 is 5.32 Å². The van der Waals surface area contributed by atoms with Gasteiger partial charge in [-0.3, -0.25) is 4.98 Å². The van der Waals surface area contributed by atoms with E-state index in [4.69, 9.17) is 0 Å². The van der Waals surface area contributed by atoms with E-state index in [1.54, 1.807) is 6.20 Å². The maximum absolute atomic E-state index is 13.3. The molecule has 0 saturated heterocycles. The Bertz CT molecular complexity index is 980. The first-order chi connectivity index (χ1) is 12.8. The molecule has 0 aliphatic rings. The van der Waals surface area contributed by atoms with Crippen molar-refractivity contribution in [3.8, 4) is 0 Å². The molecule has 0 radical (unpaired) electrons. The molecule has 0 aliphatic heterocycles. The third-order valence-electron chi connectivity index (χ3n) is 4.45. The van der Waals surface area contributed by atoms with E-state index in [1.165, 1.54) is 12.1 Å². The molecule has 4 nitrogen and oxygen atoms in total. The van der Waals surface area contributed by atoms with Gasteiger partial charge in [-0.2, -0.15) is 0 Å². The summed E-state index contributed by atoms with van der Waals surface area (Å²) in [5, 5.41) is 3.56. The topological polar surface area (TPSA) is 42.7 Å². The molecule has 2 heterocycles. The van der Waals surface area contributed by atoms with Crippen LogP contribution in [0.4, 0.5) is 4.39 Å². The number of nitrogens with one attached hydrogen (secondary N) is 1. The zero-order valence-corrected chi connectivity index (χ0v) is 14.2. The molecule has 4 rings (SSSR count). The average Bonchev–Trinajstić information content (AvgIpc) is 3.10. The second kappa shape index (κ2) is 7.45. The number of aromatic nitrogens is 3. The number of fused-ring (bicyclic) bond motifs is 1. The highest BCUT2D eigenvalue weighted by molar-refractivity contribution is 5.74. The first kappa shape index (κ1) is 16.4. The number of pyridine rings is 1. The minimum atomic E-state index is -0.229. The summed E-state index contributed by atoms with van der Waals surface area (Å²) in [6.45, 7) is 1.38. The molecule has 0 unspecified atom stereocenters. The van der Waals surface area contributed by atoms with Crippen LogP contribution in [0.2, 0.25) is 0 Å². The largest absolute Gasteiger partial charge is 0.329 e. The minimum Gasteiger partial charge on any atom is -0.329 e. The van der Waals surface area contributed by atoms with Crippen molar-refractivity contribution >= 4 is 11.0 Å². The molecule has 5 heteroatoms. The lowest BCUT2D eigenvalue weighted by molar-refractivity contribution is 0.466. The number of hydrogen-bond acceptors (Lipinski definition) is 3. The van der Waals surface area contributed by atoms with Crippen molar-refractivity contribution in [3.63, 3.8) is 0 Å². The quantitative estimate of drug-likeness (QED) is 0.571. The summed E-state index contributed by atoms with van der Waals surface area (Å²) in [5.74, 6) is -0.229. The summed E-state index contributed by atoms with van der Waals surface area (Å²) in [6, 6.07) is 18.7. The van der Waals surface area contributed by atoms with E-state index in [-0.39, 0.29) is 11.9 Å². The summed E-state index contributed by atoms with van der Waals surface area (Å²) in [5.41, 5.74) is 4.20. The second-order valence-electron chi connectivity index (χ2n) is 6.23. The lowest BCUT2D eigenvalue weighted by Gasteiger charge is -2.20. The zero-order valence-electron chi connectivity index (χ0n) is 14.2. The number of para-hydroxylation sites is 2. The van der Waals surface area contributed by atoms with Gasteiger partial charge >= 0.3 is 0 Å². The van der Waals surface area contributed by atoms with Crippen LogP contribution >= 0.6 is 0 Å². The van der Waals surface area contributed by atoms with Gasteiger partial charge < -0.3 is 9.88 Å². The predicted octanol–water partition coefficient (Wildman–Crippen LogP) is 4.10. The second-order valence-corrected chi connectivity index (χ2v) is 6.23. The van der Waals surface area contributed by atoms with Gasteiger partial charge in [0, 0.05) is 25.5 Å². The summed E-state index contributed by atoms with van der Waals surface area (Å²) in [4.78, 5) is 8.62. The van der Waals surface area contributed by atoms with Gasteiger partial charge in [0.1, 0.15) is 5.82 Å². The fourth-order valence-corrected chi connectivity index (χ4v) is 3.08. The molecule has 26 heavy (non-hydrogen) atoms. The van der Waals surface area contributed by atoms with Gasteiger partial charge in [0.15, 0.2) is 0 Å². The maximum atomic E-state index is 13.3. The number of hydrogen-bond donors (Lipinski definition) is 1. The normalized spacial score (nSPS) is 12.3. The molecule has 0 aliphatic carbocycles. The van der Waals surface area contributed by atoms with Gasteiger partial charge in [0.25, 0.3) is 0 Å². The Hall–Kier alpha value is -3.05. The lowest BCUT2D eigenvalue weighted by Crippen LogP contribution is -2.25. The average molecular weight is 346 g/mol. The van der Waals surface area contributed by atoms with Crippen molar-refractivity contribution in [2.24, 2.45) is 0 Å². The van der Waals surface area contributed by atoms with Gasteiger partial charge in [0.2, 0.25) is 0 Å². The van der Waals surface area contributed by atoms with Crippen LogP contribution in [0.15, 0.2) is 79.4 Å². The van der Waals surface area contributed by atoms with E-state index < -0.39 is 0 Å². The SMILES string of the molecule is Fc1ccc([C@H](Cn2cnc3ccccc32)NCc2cccnc2)cc1. The predicted molar refractivity (Wildman–Crippen MR) is 100.0 cm³/mol. The molecule has 2 aromatic carbocycles. The lowest BCUT2D eigenvalue weighted by atomic mass is 10.1. The number of halogens is 1. The first-order valence-corrected chi connectivity index (χ1v) is 8.57. The molecule has 130 valence electrons. The van der Waals surface area contributed by atoms with Crippen molar-refractivity contribution in [1.82, 2.24) is 19.9 Å². The molecule has 0 saturated carbocycles. The van der Waals surface area contributed by atoms with Crippen LogP contribution in [0.1, 0.15) is 17.2 Å². The molecule has 0 spiro atoms. The van der Waals surface area contributed by atoms with E-state index in [0.29, 0.717) is 13.1 Å². The van der Waals surface area contributed by atoms with E-state index in [2.05, 4.69) is 25.9 Å². The Labute approximate surface area is 151 Å². The highest BCUT2D eigenvalue weighted by atomic mass is 19.1. The van der Waals surface area contributed by atoms with E-state index in [9.17, 15) is 4.39 Å². The Balaban J connectivity index is 1.60. The van der Waals surface area contributed by atoms with Gasteiger partial charge in [0.05, 0.1) is 23.4 Å². The first-order valence-electron chi connectivity index (χ1n) is 8.57. The zero-order chi connectivity index (χ0) is 17.8. The Morgan fingerprint density at radius 1 is 1.00 bits per heavy atom. The fraction of sp³-hybridized carbons (Fsp3) is 0.143.